The number of allylic oxidation sites excluding steroid dienone is 2. The second kappa shape index (κ2) is 6.98. The highest BCUT2D eigenvalue weighted by atomic mass is 127. The van der Waals surface area contributed by atoms with Gasteiger partial charge < -0.3 is 4.74 Å². The zero-order valence-corrected chi connectivity index (χ0v) is 13.9. The Bertz CT molecular complexity index is 661. The smallest absolute Gasteiger partial charge is 0.318 e. The fourth-order valence-corrected chi connectivity index (χ4v) is 3.75. The average molecular weight is 408 g/mol. The molecule has 0 saturated carbocycles. The molecule has 1 aliphatic heterocycles. The number of ketones is 1. The summed E-state index contributed by atoms with van der Waals surface area (Å²) in [6, 6.07) is 6.92. The molecule has 1 aliphatic rings. The molecule has 0 fully saturated rings. The molecular weight excluding hydrogens is 395 g/mol. The Morgan fingerprint density at radius 1 is 1.20 bits per heavy atom. The van der Waals surface area contributed by atoms with Crippen molar-refractivity contribution in [1.29, 1.82) is 0 Å². The van der Waals surface area contributed by atoms with Gasteiger partial charge in [-0.25, -0.2) is 8.42 Å². The molecule has 1 aromatic rings. The zero-order valence-electron chi connectivity index (χ0n) is 10.9. The minimum atomic E-state index is -3.04. The molecule has 0 radical (unpaired) electrons. The van der Waals surface area contributed by atoms with Crippen molar-refractivity contribution in [2.24, 2.45) is 0 Å². The van der Waals surface area contributed by atoms with E-state index in [2.05, 4.69) is 4.74 Å². The van der Waals surface area contributed by atoms with E-state index in [-0.39, 0.29) is 12.2 Å². The van der Waals surface area contributed by atoms with Gasteiger partial charge in [-0.15, -0.1) is 0 Å². The first-order valence-electron chi connectivity index (χ1n) is 5.56. The molecule has 2 rings (SSSR count). The number of hydrogen-bond donors (Lipinski definition) is 0. The molecule has 0 atom stereocenters. The lowest BCUT2D eigenvalue weighted by Crippen LogP contribution is -2.14. The third-order valence-electron chi connectivity index (χ3n) is 2.19. The highest BCUT2D eigenvalue weighted by Crippen LogP contribution is 2.16. The fourth-order valence-electron chi connectivity index (χ4n) is 1.41. The summed E-state index contributed by atoms with van der Waals surface area (Å²) in [4.78, 5) is 21.3. The molecule has 20 heavy (non-hydrogen) atoms. The van der Waals surface area contributed by atoms with Crippen LogP contribution in [0.5, 0.6) is 0 Å². The van der Waals surface area contributed by atoms with Crippen LogP contribution in [0.15, 0.2) is 41.0 Å². The van der Waals surface area contributed by atoms with Gasteiger partial charge in [0, 0.05) is 15.9 Å². The van der Waals surface area contributed by atoms with Crippen LogP contribution in [0.1, 0.15) is 13.3 Å². The number of sulfone groups is 1. The third-order valence-corrected chi connectivity index (χ3v) is 4.66. The Kier molecular flexibility index (Phi) is 5.88. The van der Waals surface area contributed by atoms with Crippen LogP contribution in [0, 0.1) is 3.57 Å². The van der Waals surface area contributed by atoms with Crippen molar-refractivity contribution in [2.75, 3.05) is 6.26 Å². The monoisotopic (exact) mass is 408 g/mol. The number of rotatable bonds is 1. The first-order chi connectivity index (χ1) is 9.20. The van der Waals surface area contributed by atoms with E-state index in [1.807, 2.05) is 28.7 Å². The van der Waals surface area contributed by atoms with Crippen LogP contribution in [-0.2, 0) is 24.2 Å². The Balaban J connectivity index is 0.000000204. The topological polar surface area (TPSA) is 77.5 Å². The number of benzene rings is 1. The van der Waals surface area contributed by atoms with Gasteiger partial charge in [0.15, 0.2) is 15.6 Å². The summed E-state index contributed by atoms with van der Waals surface area (Å²) in [6.45, 7) is 1.58. The van der Waals surface area contributed by atoms with Crippen molar-refractivity contribution in [1.82, 2.24) is 0 Å². The lowest BCUT2D eigenvalue weighted by Gasteiger charge is -2.06. The predicted molar refractivity (Wildman–Crippen MR) is 81.7 cm³/mol. The largest absolute Gasteiger partial charge is 0.431 e. The molecule has 1 aromatic carbocycles. The lowest BCUT2D eigenvalue weighted by molar-refractivity contribution is -0.143. The van der Waals surface area contributed by atoms with Crippen molar-refractivity contribution in [3.05, 3.63) is 39.7 Å². The molecule has 0 aliphatic carbocycles. The van der Waals surface area contributed by atoms with Gasteiger partial charge in [-0.05, 0) is 41.6 Å². The van der Waals surface area contributed by atoms with Crippen molar-refractivity contribution >= 4 is 44.2 Å². The van der Waals surface area contributed by atoms with Crippen LogP contribution in [0.4, 0.5) is 0 Å². The average Bonchev–Trinajstić information content (AvgIpc) is 2.26. The molecule has 0 spiro atoms. The number of halogens is 1. The number of carbonyl (C=O) groups excluding carboxylic acids is 2. The minimum Gasteiger partial charge on any atom is -0.431 e. The van der Waals surface area contributed by atoms with Crippen molar-refractivity contribution in [2.45, 2.75) is 18.2 Å². The minimum absolute atomic E-state index is 0.114. The standard InChI is InChI=1S/C7H7IO2S.C6H6O3/c1-11(9,10)7-5-3-2-4-6(7)8;1-4-2-5(7)3-6(8)9-4/h2-5H,1H3;2H,3H2,1H3. The summed E-state index contributed by atoms with van der Waals surface area (Å²) in [5.41, 5.74) is 0. The number of hydrogen-bond acceptors (Lipinski definition) is 5. The van der Waals surface area contributed by atoms with E-state index in [1.165, 1.54) is 12.3 Å². The highest BCUT2D eigenvalue weighted by molar-refractivity contribution is 14.1. The molecule has 0 unspecified atom stereocenters. The van der Waals surface area contributed by atoms with Crippen LogP contribution in [0.25, 0.3) is 0 Å². The van der Waals surface area contributed by atoms with Gasteiger partial charge in [-0.2, -0.15) is 0 Å². The molecule has 0 N–H and O–H groups in total. The Hall–Kier alpha value is -1.22. The maximum Gasteiger partial charge on any atom is 0.318 e. The van der Waals surface area contributed by atoms with Gasteiger partial charge in [0.25, 0.3) is 0 Å². The molecule has 0 aromatic heterocycles. The van der Waals surface area contributed by atoms with E-state index in [4.69, 9.17) is 0 Å². The number of ether oxygens (including phenoxy) is 1. The first-order valence-corrected chi connectivity index (χ1v) is 8.53. The third kappa shape index (κ3) is 5.41. The van der Waals surface area contributed by atoms with E-state index < -0.39 is 15.8 Å². The van der Waals surface area contributed by atoms with E-state index >= 15 is 0 Å². The Morgan fingerprint density at radius 3 is 2.20 bits per heavy atom. The van der Waals surface area contributed by atoms with Crippen LogP contribution in [-0.4, -0.2) is 26.4 Å². The molecule has 1 heterocycles. The fraction of sp³-hybridized carbons (Fsp3) is 0.231. The SMILES string of the molecule is CC1=CC(=O)CC(=O)O1.CS(=O)(=O)c1ccccc1I. The van der Waals surface area contributed by atoms with Gasteiger partial charge in [0.1, 0.15) is 12.2 Å². The second-order valence-corrected chi connectivity index (χ2v) is 7.22. The summed E-state index contributed by atoms with van der Waals surface area (Å²) in [6.07, 6.45) is 2.42. The molecule has 0 bridgehead atoms. The number of cyclic esters (lactones) is 1. The summed E-state index contributed by atoms with van der Waals surface area (Å²) in [7, 11) is -3.04. The second-order valence-electron chi connectivity index (χ2n) is 4.07. The Labute approximate surface area is 131 Å². The molecule has 5 nitrogen and oxygen atoms in total. The maximum absolute atomic E-state index is 11.0. The summed E-state index contributed by atoms with van der Waals surface area (Å²) >= 11 is 2.01. The van der Waals surface area contributed by atoms with Gasteiger partial charge in [-0.1, -0.05) is 12.1 Å². The maximum atomic E-state index is 11.0. The van der Waals surface area contributed by atoms with Crippen LogP contribution < -0.4 is 0 Å². The van der Waals surface area contributed by atoms with Crippen LogP contribution in [0.3, 0.4) is 0 Å². The normalized spacial score (nSPS) is 14.8. The van der Waals surface area contributed by atoms with E-state index in [1.54, 1.807) is 25.1 Å². The van der Waals surface area contributed by atoms with Gasteiger partial charge in [0.05, 0.1) is 4.90 Å². The van der Waals surface area contributed by atoms with E-state index in [9.17, 15) is 18.0 Å². The quantitative estimate of drug-likeness (QED) is 0.404. The van der Waals surface area contributed by atoms with Gasteiger partial charge in [0.2, 0.25) is 0 Å². The van der Waals surface area contributed by atoms with Gasteiger partial charge in [-0.3, -0.25) is 9.59 Å². The zero-order chi connectivity index (χ0) is 15.3. The predicted octanol–water partition coefficient (Wildman–Crippen LogP) is 2.10. The molecule has 108 valence electrons. The molecule has 7 heteroatoms. The first kappa shape index (κ1) is 16.8. The number of carbonyl (C=O) groups is 2. The molecule has 0 saturated heterocycles. The van der Waals surface area contributed by atoms with E-state index in [0.717, 1.165) is 3.57 Å². The molecular formula is C13H13IO5S. The Morgan fingerprint density at radius 2 is 1.80 bits per heavy atom. The van der Waals surface area contributed by atoms with Crippen LogP contribution in [0.2, 0.25) is 0 Å². The van der Waals surface area contributed by atoms with Gasteiger partial charge >= 0.3 is 5.97 Å². The van der Waals surface area contributed by atoms with Crippen LogP contribution >= 0.6 is 22.6 Å². The van der Waals surface area contributed by atoms with Crippen molar-refractivity contribution < 1.29 is 22.7 Å². The number of esters is 1. The summed E-state index contributed by atoms with van der Waals surface area (Å²) < 4.78 is 27.4. The van der Waals surface area contributed by atoms with Crippen molar-refractivity contribution in [3.8, 4) is 0 Å². The molecule has 0 amide bonds. The lowest BCUT2D eigenvalue weighted by atomic mass is 10.2. The summed E-state index contributed by atoms with van der Waals surface area (Å²) in [5.74, 6) is -0.250. The summed E-state index contributed by atoms with van der Waals surface area (Å²) in [5, 5.41) is 0. The van der Waals surface area contributed by atoms with E-state index in [0.29, 0.717) is 10.7 Å². The highest BCUT2D eigenvalue weighted by Gasteiger charge is 2.15. The van der Waals surface area contributed by atoms with Crippen molar-refractivity contribution in [3.63, 3.8) is 0 Å².